The van der Waals surface area contributed by atoms with Gasteiger partial charge in [0.05, 0.1) is 37.8 Å². The van der Waals surface area contributed by atoms with Crippen molar-refractivity contribution in [2.45, 2.75) is 57.2 Å². The molecule has 200 valence electrons. The van der Waals surface area contributed by atoms with E-state index in [9.17, 15) is 22.8 Å². The third-order valence-electron chi connectivity index (χ3n) is 6.72. The molecule has 1 aliphatic heterocycles. The topological polar surface area (TPSA) is 55.8 Å². The maximum atomic E-state index is 13.1. The fraction of sp³-hybridized carbons (Fsp3) is 0.333. The number of nitrogens with zero attached hydrogens (tertiary/aromatic N) is 1. The Labute approximate surface area is 220 Å². The Bertz CT molecular complexity index is 1230. The number of rotatable bonds is 11. The van der Waals surface area contributed by atoms with Crippen molar-refractivity contribution >= 4 is 11.7 Å². The van der Waals surface area contributed by atoms with Gasteiger partial charge < -0.3 is 14.4 Å². The fourth-order valence-electron chi connectivity index (χ4n) is 4.72. The van der Waals surface area contributed by atoms with Crippen molar-refractivity contribution in [1.82, 2.24) is 4.90 Å². The molecule has 1 heterocycles. The number of Topliss-reactive ketones (excluding diaryl/α,β-unsaturated/α-hetero) is 1. The van der Waals surface area contributed by atoms with E-state index in [1.165, 1.54) is 12.1 Å². The molecule has 0 bridgehead atoms. The van der Waals surface area contributed by atoms with E-state index in [1.54, 1.807) is 12.0 Å². The lowest BCUT2D eigenvalue weighted by molar-refractivity contribution is -0.137. The van der Waals surface area contributed by atoms with Gasteiger partial charge in [0.15, 0.2) is 0 Å². The van der Waals surface area contributed by atoms with Gasteiger partial charge in [0, 0.05) is 19.4 Å². The normalized spacial score (nSPS) is 17.6. The Morgan fingerprint density at radius 1 is 0.947 bits per heavy atom. The Hall–Kier alpha value is -3.65. The molecule has 0 aromatic heterocycles. The van der Waals surface area contributed by atoms with Gasteiger partial charge >= 0.3 is 6.18 Å². The maximum absolute atomic E-state index is 13.1. The molecule has 1 aliphatic rings. The van der Waals surface area contributed by atoms with Gasteiger partial charge in [0.25, 0.3) is 0 Å². The first-order valence-electron chi connectivity index (χ1n) is 12.5. The fourth-order valence-corrected chi connectivity index (χ4v) is 4.72. The zero-order valence-corrected chi connectivity index (χ0v) is 21.1. The molecule has 5 nitrogen and oxygen atoms in total. The number of alkyl halides is 3. The summed E-state index contributed by atoms with van der Waals surface area (Å²) < 4.78 is 50.5. The van der Waals surface area contributed by atoms with E-state index in [4.69, 9.17) is 9.47 Å². The number of ketones is 1. The van der Waals surface area contributed by atoms with Gasteiger partial charge in [-0.25, -0.2) is 0 Å². The molecule has 1 fully saturated rings. The monoisotopic (exact) mass is 525 g/mol. The predicted molar refractivity (Wildman–Crippen MR) is 136 cm³/mol. The molecule has 3 aromatic rings. The Balaban J connectivity index is 1.45. The summed E-state index contributed by atoms with van der Waals surface area (Å²) in [6.45, 7) is 0.699. The van der Waals surface area contributed by atoms with E-state index in [2.05, 4.69) is 0 Å². The van der Waals surface area contributed by atoms with Gasteiger partial charge in [0.2, 0.25) is 5.91 Å². The first kappa shape index (κ1) is 27.4. The molecular weight excluding hydrogens is 495 g/mol. The second-order valence-electron chi connectivity index (χ2n) is 9.43. The van der Waals surface area contributed by atoms with Crippen molar-refractivity contribution < 1.29 is 32.2 Å². The standard InChI is InChI=1S/C30H30F3NO4/c1-37-26-13-10-21(11-14-26)19-34-27(28(18-29(34)36)38-20-22-6-3-2-4-7-22)15-12-25(35)17-23-8-5-9-24(16-23)30(31,32)33/h2-11,13-14,16,27-28H,12,15,17-20H2,1H3/t27-,28+/m0/s1. The molecule has 0 N–H and O–H groups in total. The first-order valence-corrected chi connectivity index (χ1v) is 12.5. The minimum Gasteiger partial charge on any atom is -0.497 e. The van der Waals surface area contributed by atoms with Crippen LogP contribution in [-0.2, 0) is 40.1 Å². The highest BCUT2D eigenvalue weighted by Gasteiger charge is 2.40. The second kappa shape index (κ2) is 12.3. The van der Waals surface area contributed by atoms with Crippen LogP contribution in [0.15, 0.2) is 78.9 Å². The van der Waals surface area contributed by atoms with Gasteiger partial charge in [-0.15, -0.1) is 0 Å². The highest BCUT2D eigenvalue weighted by Crippen LogP contribution is 2.31. The van der Waals surface area contributed by atoms with Crippen LogP contribution in [-0.4, -0.2) is 35.8 Å². The summed E-state index contributed by atoms with van der Waals surface area (Å²) in [7, 11) is 1.58. The summed E-state index contributed by atoms with van der Waals surface area (Å²) in [5.74, 6) is 0.464. The number of hydrogen-bond donors (Lipinski definition) is 0. The quantitative estimate of drug-likeness (QED) is 0.309. The predicted octanol–water partition coefficient (Wildman–Crippen LogP) is 5.99. The van der Waals surface area contributed by atoms with Crippen molar-refractivity contribution in [3.05, 3.63) is 101 Å². The summed E-state index contributed by atoms with van der Waals surface area (Å²) >= 11 is 0. The van der Waals surface area contributed by atoms with Gasteiger partial charge in [0.1, 0.15) is 11.5 Å². The summed E-state index contributed by atoms with van der Waals surface area (Å²) in [4.78, 5) is 27.6. The number of benzene rings is 3. The lowest BCUT2D eigenvalue weighted by Gasteiger charge is -2.28. The van der Waals surface area contributed by atoms with Crippen LogP contribution in [0, 0.1) is 0 Å². The van der Waals surface area contributed by atoms with Gasteiger partial charge in [-0.05, 0) is 41.3 Å². The van der Waals surface area contributed by atoms with Crippen LogP contribution >= 0.6 is 0 Å². The number of carbonyl (C=O) groups is 2. The molecule has 38 heavy (non-hydrogen) atoms. The second-order valence-corrected chi connectivity index (χ2v) is 9.43. The van der Waals surface area contributed by atoms with Crippen LogP contribution in [0.1, 0.15) is 41.5 Å². The minimum atomic E-state index is -4.46. The Kier molecular flexibility index (Phi) is 8.84. The molecule has 0 aliphatic carbocycles. The zero-order chi connectivity index (χ0) is 27.1. The number of ether oxygens (including phenoxy) is 2. The van der Waals surface area contributed by atoms with Crippen molar-refractivity contribution in [1.29, 1.82) is 0 Å². The number of likely N-dealkylation sites (tertiary alicyclic amines) is 1. The molecule has 0 spiro atoms. The van der Waals surface area contributed by atoms with Crippen LogP contribution in [0.2, 0.25) is 0 Å². The average molecular weight is 526 g/mol. The zero-order valence-electron chi connectivity index (χ0n) is 21.1. The lowest BCUT2D eigenvalue weighted by atomic mass is 9.99. The number of halogens is 3. The van der Waals surface area contributed by atoms with Crippen molar-refractivity contribution in [2.24, 2.45) is 0 Å². The number of methoxy groups -OCH3 is 1. The van der Waals surface area contributed by atoms with Gasteiger partial charge in [-0.3, -0.25) is 9.59 Å². The molecule has 4 rings (SSSR count). The van der Waals surface area contributed by atoms with Crippen LogP contribution < -0.4 is 4.74 Å². The SMILES string of the molecule is COc1ccc(CN2C(=O)C[C@@H](OCc3ccccc3)[C@@H]2CCC(=O)Cc2cccc(C(F)(F)F)c2)cc1. The smallest absolute Gasteiger partial charge is 0.416 e. The molecule has 3 aromatic carbocycles. The first-order chi connectivity index (χ1) is 18.2. The molecule has 2 atom stereocenters. The highest BCUT2D eigenvalue weighted by molar-refractivity contribution is 5.82. The van der Waals surface area contributed by atoms with E-state index >= 15 is 0 Å². The maximum Gasteiger partial charge on any atom is 0.416 e. The van der Waals surface area contributed by atoms with Gasteiger partial charge in [-0.1, -0.05) is 60.7 Å². The highest BCUT2D eigenvalue weighted by atomic mass is 19.4. The molecule has 0 unspecified atom stereocenters. The van der Waals surface area contributed by atoms with Crippen LogP contribution in [0.4, 0.5) is 13.2 Å². The number of hydrogen-bond acceptors (Lipinski definition) is 4. The average Bonchev–Trinajstić information content (AvgIpc) is 3.20. The molecule has 1 saturated heterocycles. The largest absolute Gasteiger partial charge is 0.497 e. The van der Waals surface area contributed by atoms with E-state index in [1.807, 2.05) is 54.6 Å². The molecule has 8 heteroatoms. The van der Waals surface area contributed by atoms with E-state index in [-0.39, 0.29) is 37.0 Å². The summed E-state index contributed by atoms with van der Waals surface area (Å²) in [6.07, 6.45) is -4.28. The Morgan fingerprint density at radius 2 is 1.66 bits per heavy atom. The van der Waals surface area contributed by atoms with Crippen molar-refractivity contribution in [3.8, 4) is 5.75 Å². The van der Waals surface area contributed by atoms with Crippen LogP contribution in [0.3, 0.4) is 0 Å². The molecular formula is C30H30F3NO4. The van der Waals surface area contributed by atoms with Crippen molar-refractivity contribution in [3.63, 3.8) is 0 Å². The third-order valence-corrected chi connectivity index (χ3v) is 6.72. The molecule has 0 radical (unpaired) electrons. The molecule has 1 amide bonds. The summed E-state index contributed by atoms with van der Waals surface area (Å²) in [5.41, 5.74) is 1.44. The third kappa shape index (κ3) is 7.22. The van der Waals surface area contributed by atoms with E-state index in [0.717, 1.165) is 23.3 Å². The van der Waals surface area contributed by atoms with E-state index in [0.29, 0.717) is 30.9 Å². The summed E-state index contributed by atoms with van der Waals surface area (Å²) in [5, 5.41) is 0. The minimum absolute atomic E-state index is 0.0609. The van der Waals surface area contributed by atoms with Crippen molar-refractivity contribution in [2.75, 3.05) is 7.11 Å². The summed E-state index contributed by atoms with van der Waals surface area (Å²) in [6, 6.07) is 21.6. The number of carbonyl (C=O) groups excluding carboxylic acids is 2. The van der Waals surface area contributed by atoms with E-state index < -0.39 is 17.8 Å². The Morgan fingerprint density at radius 3 is 2.34 bits per heavy atom. The van der Waals surface area contributed by atoms with Crippen LogP contribution in [0.5, 0.6) is 5.75 Å². The lowest BCUT2D eigenvalue weighted by Crippen LogP contribution is -2.38. The number of amides is 1. The van der Waals surface area contributed by atoms with Crippen LogP contribution in [0.25, 0.3) is 0 Å². The van der Waals surface area contributed by atoms with Gasteiger partial charge in [-0.2, -0.15) is 13.2 Å². The molecule has 0 saturated carbocycles.